The largest absolute Gasteiger partial charge is 0.490 e. The van der Waals surface area contributed by atoms with Crippen LogP contribution in [0.2, 0.25) is 0 Å². The van der Waals surface area contributed by atoms with Crippen molar-refractivity contribution in [3.63, 3.8) is 0 Å². The van der Waals surface area contributed by atoms with Gasteiger partial charge >= 0.3 is 0 Å². The Morgan fingerprint density at radius 1 is 0.534 bits per heavy atom. The lowest BCUT2D eigenvalue weighted by Crippen LogP contribution is -2.09. The molecule has 8 heteroatoms. The van der Waals surface area contributed by atoms with E-state index >= 15 is 0 Å². The summed E-state index contributed by atoms with van der Waals surface area (Å²) in [5, 5.41) is 9.38. The molecule has 0 aliphatic carbocycles. The molecular weight excluding hydrogens is 717 g/mol. The number of hydrogen-bond acceptors (Lipinski definition) is 6. The van der Waals surface area contributed by atoms with E-state index in [9.17, 15) is 0 Å². The molecule has 0 saturated heterocycles. The Labute approximate surface area is 348 Å². The summed E-state index contributed by atoms with van der Waals surface area (Å²) in [4.78, 5) is 9.81. The fourth-order valence-corrected chi connectivity index (χ4v) is 7.69. The lowest BCUT2D eigenvalue weighted by molar-refractivity contribution is 0.243. The Bertz CT molecular complexity index is 2190. The summed E-state index contributed by atoms with van der Waals surface area (Å²) >= 11 is 0. The molecule has 308 valence electrons. The maximum Gasteiger partial charge on any atom is 0.132 e. The topological polar surface area (TPSA) is 79.9 Å². The fraction of sp³-hybridized carbons (Fsp3) is 0.440. The zero-order valence-corrected chi connectivity index (χ0v) is 37.2. The highest BCUT2D eigenvalue weighted by Crippen LogP contribution is 2.39. The Balaban J connectivity index is 0.000000221. The maximum absolute atomic E-state index is 6.30. The molecule has 0 spiro atoms. The minimum Gasteiger partial charge on any atom is -0.490 e. The van der Waals surface area contributed by atoms with E-state index in [4.69, 9.17) is 24.5 Å². The van der Waals surface area contributed by atoms with Crippen molar-refractivity contribution >= 4 is 0 Å². The Kier molecular flexibility index (Phi) is 15.5. The van der Waals surface area contributed by atoms with Crippen molar-refractivity contribution in [3.8, 4) is 56.5 Å². The molecule has 6 aromatic rings. The first-order chi connectivity index (χ1) is 28.0. The number of nitrogens with zero attached hydrogens (tertiary/aromatic N) is 6. The summed E-state index contributed by atoms with van der Waals surface area (Å²) < 4.78 is 16.6. The number of pyridine rings is 2. The van der Waals surface area contributed by atoms with Crippen molar-refractivity contribution in [1.29, 1.82) is 0 Å². The molecule has 0 unspecified atom stereocenters. The second-order valence-corrected chi connectivity index (χ2v) is 15.2. The first-order valence-electron chi connectivity index (χ1n) is 21.7. The van der Waals surface area contributed by atoms with Gasteiger partial charge in [0.25, 0.3) is 0 Å². The van der Waals surface area contributed by atoms with Gasteiger partial charge in [0, 0.05) is 54.9 Å². The smallest absolute Gasteiger partial charge is 0.132 e. The third-order valence-corrected chi connectivity index (χ3v) is 10.6. The van der Waals surface area contributed by atoms with Crippen LogP contribution < -0.4 is 9.47 Å². The highest BCUT2D eigenvalue weighted by atomic mass is 16.5. The van der Waals surface area contributed by atoms with Crippen LogP contribution in [0, 0.1) is 0 Å². The lowest BCUT2D eigenvalue weighted by atomic mass is 9.94. The number of aromatic nitrogens is 6. The molecular formula is C50H66N6O2. The van der Waals surface area contributed by atoms with E-state index < -0.39 is 0 Å². The average Bonchev–Trinajstić information content (AvgIpc) is 3.86. The third kappa shape index (κ3) is 9.71. The standard InChI is InChI=1S/2C25H33N3O/c1-7-18-12-11-13-19(8-2)24(18)22-14-23(29-17(5)6)21(15-26-22)25-20(9-3)16-28(10-4)27-25;1-7-18-12-11-13-19(8-2)24(18)22-14-23(29-17(5)6)21(16-26-22)25-20(9-3)15-27-28(25)10-4/h2*11-17H,7-10H2,1-6H3. The average molecular weight is 783 g/mol. The summed E-state index contributed by atoms with van der Waals surface area (Å²) in [6.07, 6.45) is 14.0. The van der Waals surface area contributed by atoms with Gasteiger partial charge in [-0.3, -0.25) is 19.3 Å². The van der Waals surface area contributed by atoms with Crippen molar-refractivity contribution in [2.45, 2.75) is 147 Å². The molecule has 8 nitrogen and oxygen atoms in total. The van der Waals surface area contributed by atoms with Crippen LogP contribution in [0.3, 0.4) is 0 Å². The second kappa shape index (κ2) is 20.4. The molecule has 0 amide bonds. The van der Waals surface area contributed by atoms with Crippen LogP contribution in [0.4, 0.5) is 0 Å². The van der Waals surface area contributed by atoms with E-state index in [0.717, 1.165) is 97.0 Å². The summed E-state index contributed by atoms with van der Waals surface area (Å²) in [7, 11) is 0. The molecule has 0 radical (unpaired) electrons. The number of benzene rings is 2. The number of hydrogen-bond donors (Lipinski definition) is 0. The first kappa shape index (κ1) is 43.9. The highest BCUT2D eigenvalue weighted by molar-refractivity contribution is 5.77. The van der Waals surface area contributed by atoms with Crippen molar-refractivity contribution < 1.29 is 9.47 Å². The summed E-state index contributed by atoms with van der Waals surface area (Å²) in [6.45, 7) is 27.3. The van der Waals surface area contributed by atoms with Gasteiger partial charge in [-0.05, 0) is 113 Å². The van der Waals surface area contributed by atoms with Gasteiger partial charge in [-0.15, -0.1) is 0 Å². The number of ether oxygens (including phenoxy) is 2. The van der Waals surface area contributed by atoms with Crippen LogP contribution in [0.15, 0.2) is 73.3 Å². The van der Waals surface area contributed by atoms with Gasteiger partial charge in [0.05, 0.1) is 46.6 Å². The Morgan fingerprint density at radius 3 is 1.40 bits per heavy atom. The molecule has 0 bridgehead atoms. The number of aryl methyl sites for hydroxylation is 8. The van der Waals surface area contributed by atoms with Crippen molar-refractivity contribution in [2.75, 3.05) is 0 Å². The molecule has 0 aliphatic heterocycles. The van der Waals surface area contributed by atoms with E-state index in [1.807, 2.05) is 28.0 Å². The van der Waals surface area contributed by atoms with E-state index in [0.29, 0.717) is 0 Å². The predicted molar refractivity (Wildman–Crippen MR) is 241 cm³/mol. The fourth-order valence-electron chi connectivity index (χ4n) is 7.69. The number of rotatable bonds is 16. The Hall–Kier alpha value is -5.24. The molecule has 6 rings (SSSR count). The minimum absolute atomic E-state index is 0.0781. The molecule has 58 heavy (non-hydrogen) atoms. The van der Waals surface area contributed by atoms with Gasteiger partial charge in [-0.1, -0.05) is 77.9 Å². The van der Waals surface area contributed by atoms with Gasteiger partial charge < -0.3 is 9.47 Å². The third-order valence-electron chi connectivity index (χ3n) is 10.6. The minimum atomic E-state index is 0.0781. The molecule has 2 aromatic carbocycles. The van der Waals surface area contributed by atoms with Gasteiger partial charge in [0.1, 0.15) is 17.2 Å². The SMILES string of the molecule is CCc1cccc(CC)c1-c1cc(OC(C)C)c(-c2c(CC)cnn2CC)cn1.CCc1cn(CC)nc1-c1cnc(-c2c(CC)cccc2CC)cc1OC(C)C. The second-order valence-electron chi connectivity index (χ2n) is 15.2. The monoisotopic (exact) mass is 783 g/mol. The van der Waals surface area contributed by atoms with E-state index in [-0.39, 0.29) is 12.2 Å². The highest BCUT2D eigenvalue weighted by Gasteiger charge is 2.21. The molecule has 0 aliphatic rings. The van der Waals surface area contributed by atoms with E-state index in [1.165, 1.54) is 44.5 Å². The van der Waals surface area contributed by atoms with Crippen molar-refractivity contribution in [1.82, 2.24) is 29.5 Å². The van der Waals surface area contributed by atoms with Crippen molar-refractivity contribution in [3.05, 3.63) is 107 Å². The van der Waals surface area contributed by atoms with Crippen LogP contribution in [-0.2, 0) is 51.6 Å². The predicted octanol–water partition coefficient (Wildman–Crippen LogP) is 12.2. The zero-order valence-electron chi connectivity index (χ0n) is 37.2. The summed E-state index contributed by atoms with van der Waals surface area (Å²) in [6, 6.07) is 17.3. The van der Waals surface area contributed by atoms with Crippen LogP contribution in [0.5, 0.6) is 11.5 Å². The van der Waals surface area contributed by atoms with E-state index in [2.05, 4.69) is 143 Å². The molecule has 0 atom stereocenters. The molecule has 0 fully saturated rings. The quantitative estimate of drug-likeness (QED) is 0.0973. The van der Waals surface area contributed by atoms with Crippen LogP contribution in [-0.4, -0.2) is 41.7 Å². The normalized spacial score (nSPS) is 11.3. The van der Waals surface area contributed by atoms with Crippen LogP contribution in [0.1, 0.15) is 116 Å². The Morgan fingerprint density at radius 2 is 0.983 bits per heavy atom. The summed E-state index contributed by atoms with van der Waals surface area (Å²) in [5.41, 5.74) is 16.3. The van der Waals surface area contributed by atoms with Gasteiger partial charge in [-0.2, -0.15) is 10.2 Å². The van der Waals surface area contributed by atoms with Crippen molar-refractivity contribution in [2.24, 2.45) is 0 Å². The summed E-state index contributed by atoms with van der Waals surface area (Å²) in [5.74, 6) is 1.73. The molecule has 0 saturated carbocycles. The molecule has 0 N–H and O–H groups in total. The zero-order chi connectivity index (χ0) is 41.9. The van der Waals surface area contributed by atoms with Gasteiger partial charge in [0.15, 0.2) is 0 Å². The maximum atomic E-state index is 6.30. The first-order valence-corrected chi connectivity index (χ1v) is 21.7. The van der Waals surface area contributed by atoms with Crippen LogP contribution >= 0.6 is 0 Å². The molecule has 4 aromatic heterocycles. The van der Waals surface area contributed by atoms with E-state index in [1.54, 1.807) is 0 Å². The lowest BCUT2D eigenvalue weighted by Gasteiger charge is -2.19. The van der Waals surface area contributed by atoms with Crippen LogP contribution in [0.25, 0.3) is 45.0 Å². The van der Waals surface area contributed by atoms with Gasteiger partial charge in [-0.25, -0.2) is 0 Å². The van der Waals surface area contributed by atoms with Gasteiger partial charge in [0.2, 0.25) is 0 Å². The molecule has 4 heterocycles.